The lowest BCUT2D eigenvalue weighted by Crippen LogP contribution is -2.39. The van der Waals surface area contributed by atoms with E-state index in [0.717, 1.165) is 18.3 Å². The van der Waals surface area contributed by atoms with Crippen LogP contribution < -0.4 is 29.1 Å². The molecule has 1 atom stereocenters. The number of carbonyl (C=O) groups is 1. The summed E-state index contributed by atoms with van der Waals surface area (Å²) in [5, 5.41) is 9.40. The van der Waals surface area contributed by atoms with E-state index in [-0.39, 0.29) is 17.7 Å². The van der Waals surface area contributed by atoms with Gasteiger partial charge < -0.3 is 18.9 Å². The molecule has 1 aromatic heterocycles. The number of hydrogen-bond acceptors (Lipinski definition) is 9. The van der Waals surface area contributed by atoms with Crippen molar-refractivity contribution in [3.8, 4) is 23.3 Å². The number of halogens is 2. The SMILES string of the molecule is CCOc1ccc([C@H]2C(C(=O)OC)=CN=c3s/c(=C\c4cc(I)c(OCc5ccccc5C#N)c(I)c4)c(=O)n32)cc1OCC. The second-order valence-corrected chi connectivity index (χ2v) is 13.0. The first-order valence-electron chi connectivity index (χ1n) is 13.9. The quantitative estimate of drug-likeness (QED) is 0.154. The molecular formula is C33H27I2N3O6S. The number of nitrogens with zero attached hydrogens (tertiary/aromatic N) is 3. The molecule has 0 amide bonds. The molecule has 2 heterocycles. The predicted octanol–water partition coefficient (Wildman–Crippen LogP) is 5.48. The fourth-order valence-electron chi connectivity index (χ4n) is 4.84. The van der Waals surface area contributed by atoms with Crippen molar-refractivity contribution >= 4 is 68.6 Å². The van der Waals surface area contributed by atoms with Crippen LogP contribution in [0.2, 0.25) is 0 Å². The Labute approximate surface area is 290 Å². The van der Waals surface area contributed by atoms with E-state index < -0.39 is 12.0 Å². The lowest BCUT2D eigenvalue weighted by molar-refractivity contribution is -0.136. The third kappa shape index (κ3) is 6.95. The van der Waals surface area contributed by atoms with Gasteiger partial charge in [0.25, 0.3) is 5.56 Å². The number of ether oxygens (including phenoxy) is 4. The molecule has 5 rings (SSSR count). The Morgan fingerprint density at radius 3 is 2.44 bits per heavy atom. The second-order valence-electron chi connectivity index (χ2n) is 9.62. The Morgan fingerprint density at radius 1 is 1.04 bits per heavy atom. The van der Waals surface area contributed by atoms with Crippen LogP contribution in [0.4, 0.5) is 0 Å². The summed E-state index contributed by atoms with van der Waals surface area (Å²) in [6, 6.07) is 18.0. The molecule has 0 fully saturated rings. The molecule has 0 radical (unpaired) electrons. The van der Waals surface area contributed by atoms with E-state index in [9.17, 15) is 14.9 Å². The molecule has 0 saturated carbocycles. The summed E-state index contributed by atoms with van der Waals surface area (Å²) in [6.45, 7) is 4.90. The van der Waals surface area contributed by atoms with E-state index in [1.165, 1.54) is 29.2 Å². The summed E-state index contributed by atoms with van der Waals surface area (Å²) >= 11 is 5.66. The summed E-state index contributed by atoms with van der Waals surface area (Å²) < 4.78 is 26.4. The van der Waals surface area contributed by atoms with E-state index in [2.05, 4.69) is 56.2 Å². The number of aromatic nitrogens is 1. The number of fused-ring (bicyclic) bond motifs is 1. The Kier molecular flexibility index (Phi) is 10.6. The van der Waals surface area contributed by atoms with Crippen molar-refractivity contribution in [3.05, 3.63) is 115 Å². The Hall–Kier alpha value is -3.68. The minimum absolute atomic E-state index is 0.228. The summed E-state index contributed by atoms with van der Waals surface area (Å²) in [5.41, 5.74) is 2.78. The predicted molar refractivity (Wildman–Crippen MR) is 187 cm³/mol. The van der Waals surface area contributed by atoms with Crippen molar-refractivity contribution in [2.24, 2.45) is 4.99 Å². The van der Waals surface area contributed by atoms with Gasteiger partial charge in [-0.1, -0.05) is 35.6 Å². The van der Waals surface area contributed by atoms with Gasteiger partial charge in [0.05, 0.1) is 55.2 Å². The third-order valence-corrected chi connectivity index (χ3v) is 9.44. The van der Waals surface area contributed by atoms with Gasteiger partial charge in [0.2, 0.25) is 0 Å². The molecule has 0 N–H and O–H groups in total. The highest BCUT2D eigenvalue weighted by atomic mass is 127. The number of benzene rings is 3. The van der Waals surface area contributed by atoms with Crippen molar-refractivity contribution in [2.75, 3.05) is 20.3 Å². The van der Waals surface area contributed by atoms with Crippen LogP contribution in [-0.2, 0) is 16.1 Å². The molecule has 230 valence electrons. The standard InChI is InChI=1S/C33H27I2N3O6S/c1-4-42-26-11-10-20(15-27(26)43-5-2)29-23(32(40)41-3)17-37-33-38(29)31(39)28(45-33)14-19-12-24(34)30(25(35)13-19)44-18-22-9-7-6-8-21(22)16-36/h6-15,17,29H,4-5,18H2,1-3H3/b28-14-/t29-/m0/s1. The molecule has 0 unspecified atom stereocenters. The summed E-state index contributed by atoms with van der Waals surface area (Å²) in [4.78, 5) is 31.8. The second kappa shape index (κ2) is 14.6. The van der Waals surface area contributed by atoms with Gasteiger partial charge in [-0.15, -0.1) is 0 Å². The Balaban J connectivity index is 1.54. The van der Waals surface area contributed by atoms with E-state index >= 15 is 0 Å². The van der Waals surface area contributed by atoms with Crippen LogP contribution in [0.15, 0.2) is 76.2 Å². The maximum absolute atomic E-state index is 14.0. The lowest BCUT2D eigenvalue weighted by Gasteiger charge is -2.23. The zero-order valence-electron chi connectivity index (χ0n) is 24.5. The van der Waals surface area contributed by atoms with Crippen molar-refractivity contribution in [1.29, 1.82) is 5.26 Å². The normalized spacial score (nSPS) is 14.1. The third-order valence-electron chi connectivity index (χ3n) is 6.84. The molecule has 45 heavy (non-hydrogen) atoms. The van der Waals surface area contributed by atoms with Crippen LogP contribution in [-0.4, -0.2) is 30.9 Å². The van der Waals surface area contributed by atoms with Crippen LogP contribution in [0.25, 0.3) is 6.08 Å². The summed E-state index contributed by atoms with van der Waals surface area (Å²) in [6.07, 6.45) is 3.27. The van der Waals surface area contributed by atoms with Gasteiger partial charge in [-0.3, -0.25) is 9.36 Å². The fraction of sp³-hybridized carbons (Fsp3) is 0.212. The first-order valence-corrected chi connectivity index (χ1v) is 16.9. The molecule has 9 nitrogen and oxygen atoms in total. The molecule has 12 heteroatoms. The minimum atomic E-state index is -0.780. The Bertz CT molecular complexity index is 2010. The molecule has 1 aliphatic rings. The number of hydrogen-bond donors (Lipinski definition) is 0. The topological polar surface area (TPSA) is 112 Å². The monoisotopic (exact) mass is 847 g/mol. The maximum atomic E-state index is 14.0. The fourth-order valence-corrected chi connectivity index (χ4v) is 7.94. The van der Waals surface area contributed by atoms with Crippen molar-refractivity contribution < 1.29 is 23.7 Å². The van der Waals surface area contributed by atoms with E-state index in [1.54, 1.807) is 18.2 Å². The van der Waals surface area contributed by atoms with Crippen LogP contribution in [0.5, 0.6) is 17.2 Å². The zero-order valence-corrected chi connectivity index (χ0v) is 29.6. The molecule has 0 bridgehead atoms. The molecule has 4 aromatic rings. The zero-order chi connectivity index (χ0) is 32.1. The van der Waals surface area contributed by atoms with Gasteiger partial charge >= 0.3 is 5.97 Å². The van der Waals surface area contributed by atoms with Crippen molar-refractivity contribution in [2.45, 2.75) is 26.5 Å². The molecule has 0 saturated heterocycles. The van der Waals surface area contributed by atoms with E-state index in [1.807, 2.05) is 56.3 Å². The summed E-state index contributed by atoms with van der Waals surface area (Å²) in [5.74, 6) is 1.21. The smallest absolute Gasteiger partial charge is 0.337 e. The molecular weight excluding hydrogens is 820 g/mol. The highest BCUT2D eigenvalue weighted by Gasteiger charge is 2.31. The van der Waals surface area contributed by atoms with Gasteiger partial charge in [-0.2, -0.15) is 5.26 Å². The molecule has 0 spiro atoms. The minimum Gasteiger partial charge on any atom is -0.490 e. The van der Waals surface area contributed by atoms with Gasteiger partial charge in [0, 0.05) is 11.8 Å². The van der Waals surface area contributed by atoms with Crippen LogP contribution in [0.3, 0.4) is 0 Å². The molecule has 3 aromatic carbocycles. The first kappa shape index (κ1) is 32.7. The summed E-state index contributed by atoms with van der Waals surface area (Å²) in [7, 11) is 1.30. The van der Waals surface area contributed by atoms with Gasteiger partial charge in [0.1, 0.15) is 12.4 Å². The number of rotatable bonds is 10. The van der Waals surface area contributed by atoms with Gasteiger partial charge in [-0.05, 0) is 107 Å². The van der Waals surface area contributed by atoms with Crippen molar-refractivity contribution in [3.63, 3.8) is 0 Å². The lowest BCUT2D eigenvalue weighted by atomic mass is 9.97. The number of carbonyl (C=O) groups excluding carboxylic acids is 1. The van der Waals surface area contributed by atoms with Crippen LogP contribution >= 0.6 is 56.5 Å². The number of esters is 1. The van der Waals surface area contributed by atoms with Gasteiger partial charge in [0.15, 0.2) is 16.3 Å². The van der Waals surface area contributed by atoms with Crippen LogP contribution in [0.1, 0.15) is 42.1 Å². The average Bonchev–Trinajstić information content (AvgIpc) is 3.35. The van der Waals surface area contributed by atoms with E-state index in [0.29, 0.717) is 50.9 Å². The Morgan fingerprint density at radius 2 is 1.76 bits per heavy atom. The highest BCUT2D eigenvalue weighted by Crippen LogP contribution is 2.35. The molecule has 0 aliphatic carbocycles. The van der Waals surface area contributed by atoms with E-state index in [4.69, 9.17) is 18.9 Å². The molecule has 1 aliphatic heterocycles. The van der Waals surface area contributed by atoms with Crippen molar-refractivity contribution in [1.82, 2.24) is 4.57 Å². The first-order chi connectivity index (χ1) is 21.8. The highest BCUT2D eigenvalue weighted by molar-refractivity contribution is 14.1. The number of nitriles is 1. The largest absolute Gasteiger partial charge is 0.490 e. The average molecular weight is 847 g/mol. The van der Waals surface area contributed by atoms with Crippen LogP contribution in [0, 0.1) is 18.5 Å². The van der Waals surface area contributed by atoms with Gasteiger partial charge in [-0.25, -0.2) is 9.79 Å². The number of methoxy groups -OCH3 is 1. The maximum Gasteiger partial charge on any atom is 0.337 e. The number of thiazole rings is 1.